The van der Waals surface area contributed by atoms with Crippen LogP contribution in [0.25, 0.3) is 10.9 Å². The molecule has 0 N–H and O–H groups in total. The van der Waals surface area contributed by atoms with Crippen LogP contribution in [-0.2, 0) is 0 Å². The third kappa shape index (κ3) is 2.04. The zero-order chi connectivity index (χ0) is 12.9. The molecule has 1 saturated carbocycles. The van der Waals surface area contributed by atoms with E-state index in [1.54, 1.807) is 7.11 Å². The summed E-state index contributed by atoms with van der Waals surface area (Å²) in [4.78, 5) is 4.72. The van der Waals surface area contributed by atoms with Crippen molar-refractivity contribution < 1.29 is 4.74 Å². The van der Waals surface area contributed by atoms with E-state index < -0.39 is 0 Å². The van der Waals surface area contributed by atoms with Crippen LogP contribution in [0, 0.1) is 0 Å². The predicted molar refractivity (Wildman–Crippen MR) is 80.7 cm³/mol. The number of hydrogen-bond acceptors (Lipinski definition) is 2. The average Bonchev–Trinajstić information content (AvgIpc) is 3.14. The van der Waals surface area contributed by atoms with Crippen molar-refractivity contribution in [3.8, 4) is 5.75 Å². The number of fused-ring (bicyclic) bond motifs is 1. The lowest BCUT2D eigenvalue weighted by Crippen LogP contribution is -1.94. The Bertz CT molecular complexity index is 641. The van der Waals surface area contributed by atoms with Gasteiger partial charge in [-0.25, -0.2) is 0 Å². The van der Waals surface area contributed by atoms with Crippen molar-refractivity contribution >= 4 is 54.4 Å². The number of halogens is 3. The van der Waals surface area contributed by atoms with Crippen LogP contribution in [0.3, 0.4) is 0 Å². The molecule has 1 aromatic carbocycles. The molecule has 1 aromatic heterocycles. The van der Waals surface area contributed by atoms with Gasteiger partial charge in [0.2, 0.25) is 0 Å². The highest BCUT2D eigenvalue weighted by atomic mass is 79.9. The first kappa shape index (κ1) is 12.7. The fraction of sp³-hybridized carbons (Fsp3) is 0.308. The van der Waals surface area contributed by atoms with E-state index in [-0.39, 0.29) is 0 Å². The van der Waals surface area contributed by atoms with Gasteiger partial charge in [-0.2, -0.15) is 0 Å². The molecule has 0 aliphatic heterocycles. The molecule has 0 atom stereocenters. The maximum Gasteiger partial charge on any atom is 0.144 e. The molecule has 0 spiro atoms. The molecule has 0 amide bonds. The summed E-state index contributed by atoms with van der Waals surface area (Å²) in [5.41, 5.74) is 1.95. The molecular formula is C13H10Br2ClNO. The van der Waals surface area contributed by atoms with Gasteiger partial charge in [0.1, 0.15) is 5.75 Å². The number of nitrogens with zero attached hydrogens (tertiary/aromatic N) is 1. The molecule has 1 aliphatic carbocycles. The molecule has 0 bridgehead atoms. The van der Waals surface area contributed by atoms with Gasteiger partial charge in [0, 0.05) is 16.1 Å². The second-order valence-electron chi connectivity index (χ2n) is 4.40. The summed E-state index contributed by atoms with van der Waals surface area (Å²) in [5, 5.41) is 1.55. The SMILES string of the molecule is COc1c(Br)cc(Br)c2nc(C3CC3)cc(Cl)c12. The molecule has 2 aromatic rings. The van der Waals surface area contributed by atoms with E-state index in [0.717, 1.165) is 31.3 Å². The summed E-state index contributed by atoms with van der Waals surface area (Å²) in [6.07, 6.45) is 2.42. The summed E-state index contributed by atoms with van der Waals surface area (Å²) in [7, 11) is 1.64. The van der Waals surface area contributed by atoms with Gasteiger partial charge in [-0.15, -0.1) is 0 Å². The average molecular weight is 391 g/mol. The number of hydrogen-bond donors (Lipinski definition) is 0. The zero-order valence-electron chi connectivity index (χ0n) is 9.64. The van der Waals surface area contributed by atoms with Gasteiger partial charge in [0.15, 0.2) is 0 Å². The number of aromatic nitrogens is 1. The van der Waals surface area contributed by atoms with Gasteiger partial charge in [-0.3, -0.25) is 4.98 Å². The van der Waals surface area contributed by atoms with E-state index in [1.165, 1.54) is 12.8 Å². The van der Waals surface area contributed by atoms with Crippen LogP contribution in [0.15, 0.2) is 21.1 Å². The molecule has 2 nitrogen and oxygen atoms in total. The largest absolute Gasteiger partial charge is 0.495 e. The van der Waals surface area contributed by atoms with Gasteiger partial charge in [-0.1, -0.05) is 11.6 Å². The Morgan fingerprint density at radius 2 is 2.00 bits per heavy atom. The lowest BCUT2D eigenvalue weighted by molar-refractivity contribution is 0.417. The van der Waals surface area contributed by atoms with Crippen LogP contribution in [0.4, 0.5) is 0 Å². The molecule has 94 valence electrons. The zero-order valence-corrected chi connectivity index (χ0v) is 13.6. The summed E-state index contributed by atoms with van der Waals surface area (Å²) in [6.45, 7) is 0. The van der Waals surface area contributed by atoms with Crippen LogP contribution in [-0.4, -0.2) is 12.1 Å². The lowest BCUT2D eigenvalue weighted by Gasteiger charge is -2.12. The summed E-state index contributed by atoms with van der Waals surface area (Å²) in [6, 6.07) is 3.91. The smallest absolute Gasteiger partial charge is 0.144 e. The maximum atomic E-state index is 6.40. The second kappa shape index (κ2) is 4.66. The summed E-state index contributed by atoms with van der Waals surface area (Å²) in [5.74, 6) is 1.31. The molecular weight excluding hydrogens is 381 g/mol. The number of methoxy groups -OCH3 is 1. The Morgan fingerprint density at radius 3 is 2.61 bits per heavy atom. The molecule has 5 heteroatoms. The first-order valence-electron chi connectivity index (χ1n) is 5.64. The van der Waals surface area contributed by atoms with Crippen LogP contribution >= 0.6 is 43.5 Å². The van der Waals surface area contributed by atoms with E-state index in [0.29, 0.717) is 10.9 Å². The third-order valence-electron chi connectivity index (χ3n) is 3.11. The standard InChI is InChI=1S/C13H10Br2ClNO/c1-18-13-8(15)4-7(14)12-11(13)9(16)5-10(17-12)6-2-3-6/h4-6H,2-3H2,1H3. The first-order chi connectivity index (χ1) is 8.61. The van der Waals surface area contributed by atoms with E-state index in [4.69, 9.17) is 21.3 Å². The van der Waals surface area contributed by atoms with Gasteiger partial charge < -0.3 is 4.74 Å². The van der Waals surface area contributed by atoms with E-state index in [9.17, 15) is 0 Å². The summed E-state index contributed by atoms with van der Waals surface area (Å²) < 4.78 is 7.21. The molecule has 0 unspecified atom stereocenters. The Hall–Kier alpha value is -0.320. The van der Waals surface area contributed by atoms with Crippen molar-refractivity contribution in [3.63, 3.8) is 0 Å². The number of pyridine rings is 1. The van der Waals surface area contributed by atoms with Gasteiger partial charge >= 0.3 is 0 Å². The number of rotatable bonds is 2. The van der Waals surface area contributed by atoms with Crippen LogP contribution in [0.1, 0.15) is 24.5 Å². The molecule has 1 heterocycles. The molecule has 1 fully saturated rings. The normalized spacial score (nSPS) is 15.1. The van der Waals surface area contributed by atoms with Crippen molar-refractivity contribution in [3.05, 3.63) is 31.8 Å². The van der Waals surface area contributed by atoms with Gasteiger partial charge in [-0.05, 0) is 56.8 Å². The van der Waals surface area contributed by atoms with Crippen LogP contribution < -0.4 is 4.74 Å². The molecule has 18 heavy (non-hydrogen) atoms. The number of ether oxygens (including phenoxy) is 1. The number of benzene rings is 1. The topological polar surface area (TPSA) is 22.1 Å². The van der Waals surface area contributed by atoms with Crippen molar-refractivity contribution in [1.82, 2.24) is 4.98 Å². The third-order valence-corrected chi connectivity index (χ3v) is 4.61. The molecule has 3 rings (SSSR count). The minimum atomic E-state index is 0.577. The minimum absolute atomic E-state index is 0.577. The molecule has 1 aliphatic rings. The minimum Gasteiger partial charge on any atom is -0.495 e. The van der Waals surface area contributed by atoms with Gasteiger partial charge in [0.05, 0.1) is 27.5 Å². The van der Waals surface area contributed by atoms with E-state index >= 15 is 0 Å². The van der Waals surface area contributed by atoms with Crippen molar-refractivity contribution in [1.29, 1.82) is 0 Å². The molecule has 0 radical (unpaired) electrons. The first-order valence-corrected chi connectivity index (χ1v) is 7.60. The van der Waals surface area contributed by atoms with Crippen LogP contribution in [0.2, 0.25) is 5.02 Å². The quantitative estimate of drug-likeness (QED) is 0.693. The highest BCUT2D eigenvalue weighted by Gasteiger charge is 2.27. The Balaban J connectivity index is 2.37. The Morgan fingerprint density at radius 1 is 1.28 bits per heavy atom. The van der Waals surface area contributed by atoms with Crippen LogP contribution in [0.5, 0.6) is 5.75 Å². The lowest BCUT2D eigenvalue weighted by atomic mass is 10.1. The van der Waals surface area contributed by atoms with E-state index in [2.05, 4.69) is 31.9 Å². The highest BCUT2D eigenvalue weighted by Crippen LogP contribution is 2.45. The molecule has 0 saturated heterocycles. The van der Waals surface area contributed by atoms with Crippen molar-refractivity contribution in [2.45, 2.75) is 18.8 Å². The highest BCUT2D eigenvalue weighted by molar-refractivity contribution is 9.11. The predicted octanol–water partition coefficient (Wildman–Crippen LogP) is 5.30. The second-order valence-corrected chi connectivity index (χ2v) is 6.52. The van der Waals surface area contributed by atoms with Gasteiger partial charge in [0.25, 0.3) is 0 Å². The Labute approximate surface area is 127 Å². The fourth-order valence-corrected chi connectivity index (χ4v) is 3.77. The Kier molecular flexibility index (Phi) is 3.28. The maximum absolute atomic E-state index is 6.40. The van der Waals surface area contributed by atoms with Crippen molar-refractivity contribution in [2.75, 3.05) is 7.11 Å². The van der Waals surface area contributed by atoms with Crippen molar-refractivity contribution in [2.24, 2.45) is 0 Å². The summed E-state index contributed by atoms with van der Waals surface area (Å²) >= 11 is 13.4. The monoisotopic (exact) mass is 389 g/mol. The fourth-order valence-electron chi connectivity index (χ4n) is 2.07. The van der Waals surface area contributed by atoms with E-state index in [1.807, 2.05) is 12.1 Å².